The van der Waals surface area contributed by atoms with Crippen molar-refractivity contribution in [2.75, 3.05) is 18.4 Å². The summed E-state index contributed by atoms with van der Waals surface area (Å²) < 4.78 is 43.1. The Morgan fingerprint density at radius 2 is 2.13 bits per heavy atom. The number of hydrogen-bond acceptors (Lipinski definition) is 5. The monoisotopic (exact) mass is 351 g/mol. The van der Waals surface area contributed by atoms with E-state index in [1.807, 2.05) is 0 Å². The average Bonchev–Trinajstić information content (AvgIpc) is 2.85. The third-order valence-corrected chi connectivity index (χ3v) is 4.16. The van der Waals surface area contributed by atoms with Crippen molar-refractivity contribution in [2.24, 2.45) is 0 Å². The second kappa shape index (κ2) is 6.54. The van der Waals surface area contributed by atoms with E-state index in [4.69, 9.17) is 4.74 Å². The third-order valence-electron chi connectivity index (χ3n) is 3.19. The number of aromatic nitrogens is 1. The van der Waals surface area contributed by atoms with Crippen molar-refractivity contribution in [3.05, 3.63) is 11.1 Å². The first kappa shape index (κ1) is 17.8. The molecule has 1 aromatic heterocycles. The molecular formula is C14H20F3N3O2S. The lowest BCUT2D eigenvalue weighted by Crippen LogP contribution is -2.46. The highest BCUT2D eigenvalue weighted by Crippen LogP contribution is 2.35. The summed E-state index contributed by atoms with van der Waals surface area (Å²) in [6.07, 6.45) is -2.44. The van der Waals surface area contributed by atoms with E-state index >= 15 is 0 Å². The molecule has 1 saturated heterocycles. The van der Waals surface area contributed by atoms with E-state index in [-0.39, 0.29) is 11.2 Å². The van der Waals surface area contributed by atoms with E-state index in [1.165, 1.54) is 0 Å². The largest absolute Gasteiger partial charge is 0.444 e. The number of likely N-dealkylation sites (tertiary alicyclic amines) is 1. The SMILES string of the molecule is CC(C)(C)OC(=O)N1CCCC(Nc2ncc(C(F)(F)F)s2)C1. The Morgan fingerprint density at radius 1 is 1.43 bits per heavy atom. The van der Waals surface area contributed by atoms with Gasteiger partial charge in [-0.25, -0.2) is 9.78 Å². The van der Waals surface area contributed by atoms with E-state index in [0.29, 0.717) is 24.4 Å². The van der Waals surface area contributed by atoms with Crippen molar-refractivity contribution in [3.63, 3.8) is 0 Å². The Balaban J connectivity index is 1.94. The molecule has 2 heterocycles. The number of carbonyl (C=O) groups is 1. The van der Waals surface area contributed by atoms with Crippen LogP contribution in [0.15, 0.2) is 6.20 Å². The lowest BCUT2D eigenvalue weighted by Gasteiger charge is -2.34. The number of nitrogens with zero attached hydrogens (tertiary/aromatic N) is 2. The van der Waals surface area contributed by atoms with Gasteiger partial charge in [-0.1, -0.05) is 11.3 Å². The molecule has 130 valence electrons. The minimum atomic E-state index is -4.38. The van der Waals surface area contributed by atoms with Crippen LogP contribution < -0.4 is 5.32 Å². The molecule has 1 atom stereocenters. The summed E-state index contributed by atoms with van der Waals surface area (Å²) in [7, 11) is 0. The Kier molecular flexibility index (Phi) is 5.07. The average molecular weight is 351 g/mol. The molecule has 1 aromatic rings. The number of piperidine rings is 1. The van der Waals surface area contributed by atoms with Gasteiger partial charge in [0.1, 0.15) is 10.5 Å². The quantitative estimate of drug-likeness (QED) is 0.876. The maximum Gasteiger partial charge on any atom is 0.427 e. The molecule has 1 N–H and O–H groups in total. The molecule has 1 unspecified atom stereocenters. The van der Waals surface area contributed by atoms with E-state index in [0.717, 1.165) is 19.0 Å². The van der Waals surface area contributed by atoms with Gasteiger partial charge in [-0.3, -0.25) is 0 Å². The van der Waals surface area contributed by atoms with Gasteiger partial charge in [-0.15, -0.1) is 0 Å². The summed E-state index contributed by atoms with van der Waals surface area (Å²) in [6.45, 7) is 6.34. The van der Waals surface area contributed by atoms with Crippen LogP contribution in [0, 0.1) is 0 Å². The van der Waals surface area contributed by atoms with Crippen molar-refractivity contribution in [1.29, 1.82) is 0 Å². The molecule has 0 radical (unpaired) electrons. The molecule has 23 heavy (non-hydrogen) atoms. The van der Waals surface area contributed by atoms with Crippen LogP contribution in [0.1, 0.15) is 38.5 Å². The van der Waals surface area contributed by atoms with Crippen molar-refractivity contribution >= 4 is 22.6 Å². The van der Waals surface area contributed by atoms with Gasteiger partial charge in [0.05, 0.1) is 6.20 Å². The number of halogens is 3. The molecule has 1 amide bonds. The topological polar surface area (TPSA) is 54.5 Å². The van der Waals surface area contributed by atoms with Crippen LogP contribution in [0.5, 0.6) is 0 Å². The van der Waals surface area contributed by atoms with Gasteiger partial charge in [0.25, 0.3) is 0 Å². The molecule has 5 nitrogen and oxygen atoms in total. The predicted octanol–water partition coefficient (Wildman–Crippen LogP) is 3.97. The van der Waals surface area contributed by atoms with Gasteiger partial charge in [0, 0.05) is 19.1 Å². The van der Waals surface area contributed by atoms with Crippen molar-refractivity contribution in [2.45, 2.75) is 51.4 Å². The third kappa shape index (κ3) is 5.26. The maximum atomic E-state index is 12.6. The smallest absolute Gasteiger partial charge is 0.427 e. The molecule has 0 aliphatic carbocycles. The van der Waals surface area contributed by atoms with Crippen molar-refractivity contribution < 1.29 is 22.7 Å². The van der Waals surface area contributed by atoms with Crippen LogP contribution in [0.25, 0.3) is 0 Å². The zero-order valence-electron chi connectivity index (χ0n) is 13.2. The molecule has 1 fully saturated rings. The lowest BCUT2D eigenvalue weighted by atomic mass is 10.1. The summed E-state index contributed by atoms with van der Waals surface area (Å²) >= 11 is 0.571. The first-order valence-corrected chi connectivity index (χ1v) is 8.14. The maximum absolute atomic E-state index is 12.6. The number of nitrogens with one attached hydrogen (secondary N) is 1. The van der Waals surface area contributed by atoms with Crippen LogP contribution in [0.3, 0.4) is 0 Å². The fraction of sp³-hybridized carbons (Fsp3) is 0.714. The number of thiazole rings is 1. The molecule has 1 aliphatic rings. The zero-order chi connectivity index (χ0) is 17.3. The highest BCUT2D eigenvalue weighted by molar-refractivity contribution is 7.15. The molecule has 0 saturated carbocycles. The lowest BCUT2D eigenvalue weighted by molar-refractivity contribution is -0.134. The number of alkyl halides is 3. The number of carbonyl (C=O) groups excluding carboxylic acids is 1. The van der Waals surface area contributed by atoms with Gasteiger partial charge >= 0.3 is 12.3 Å². The molecule has 0 aromatic carbocycles. The number of hydrogen-bond donors (Lipinski definition) is 1. The van der Waals surface area contributed by atoms with Gasteiger partial charge in [0.2, 0.25) is 0 Å². The molecule has 2 rings (SSSR count). The van der Waals surface area contributed by atoms with Crippen LogP contribution in [-0.2, 0) is 10.9 Å². The van der Waals surface area contributed by atoms with E-state index < -0.39 is 22.7 Å². The summed E-state index contributed by atoms with van der Waals surface area (Å²) in [6, 6.07) is -0.136. The predicted molar refractivity (Wildman–Crippen MR) is 81.6 cm³/mol. The van der Waals surface area contributed by atoms with Crippen molar-refractivity contribution in [1.82, 2.24) is 9.88 Å². The van der Waals surface area contributed by atoms with Gasteiger partial charge in [-0.2, -0.15) is 13.2 Å². The van der Waals surface area contributed by atoms with E-state index in [2.05, 4.69) is 10.3 Å². The first-order chi connectivity index (χ1) is 10.5. The molecule has 0 bridgehead atoms. The number of amides is 1. The Labute approximate surface area is 136 Å². The summed E-state index contributed by atoms with van der Waals surface area (Å²) in [5, 5.41) is 3.20. The zero-order valence-corrected chi connectivity index (χ0v) is 14.1. The van der Waals surface area contributed by atoms with Crippen LogP contribution in [-0.4, -0.2) is 40.7 Å². The highest BCUT2D eigenvalue weighted by Gasteiger charge is 2.34. The van der Waals surface area contributed by atoms with Gasteiger partial charge in [-0.05, 0) is 33.6 Å². The van der Waals surface area contributed by atoms with Crippen LogP contribution in [0.2, 0.25) is 0 Å². The van der Waals surface area contributed by atoms with Crippen LogP contribution >= 0.6 is 11.3 Å². The molecule has 9 heteroatoms. The molecular weight excluding hydrogens is 331 g/mol. The fourth-order valence-electron chi connectivity index (χ4n) is 2.23. The second-order valence-electron chi connectivity index (χ2n) is 6.44. The fourth-order valence-corrected chi connectivity index (χ4v) is 2.99. The minimum absolute atomic E-state index is 0.136. The Bertz CT molecular complexity index is 554. The van der Waals surface area contributed by atoms with Crippen LogP contribution in [0.4, 0.5) is 23.1 Å². The normalized spacial score (nSPS) is 19.6. The summed E-state index contributed by atoms with van der Waals surface area (Å²) in [5.41, 5.74) is -0.575. The minimum Gasteiger partial charge on any atom is -0.444 e. The van der Waals surface area contributed by atoms with E-state index in [9.17, 15) is 18.0 Å². The number of ether oxygens (including phenoxy) is 1. The summed E-state index contributed by atoms with van der Waals surface area (Å²) in [5.74, 6) is 0. The summed E-state index contributed by atoms with van der Waals surface area (Å²) in [4.78, 5) is 16.7. The second-order valence-corrected chi connectivity index (χ2v) is 7.47. The number of anilines is 1. The Morgan fingerprint density at radius 3 is 2.70 bits per heavy atom. The van der Waals surface area contributed by atoms with Gasteiger partial charge < -0.3 is 15.0 Å². The van der Waals surface area contributed by atoms with Crippen molar-refractivity contribution in [3.8, 4) is 0 Å². The number of rotatable bonds is 2. The van der Waals surface area contributed by atoms with Gasteiger partial charge in [0.15, 0.2) is 5.13 Å². The first-order valence-electron chi connectivity index (χ1n) is 7.32. The Hall–Kier alpha value is -1.51. The molecule has 1 aliphatic heterocycles. The van der Waals surface area contributed by atoms with E-state index in [1.54, 1.807) is 25.7 Å². The highest BCUT2D eigenvalue weighted by atomic mass is 32.1. The standard InChI is InChI=1S/C14H20F3N3O2S/c1-13(2,3)22-12(21)20-6-4-5-9(8-20)19-11-18-7-10(23-11)14(15,16)17/h7,9H,4-6,8H2,1-3H3,(H,18,19). The molecule has 0 spiro atoms.